The summed E-state index contributed by atoms with van der Waals surface area (Å²) in [6, 6.07) is 5.11. The number of aliphatic imine (C=N–C) groups is 1. The first-order valence-corrected chi connectivity index (χ1v) is 10.3. The van der Waals surface area contributed by atoms with E-state index in [1.165, 1.54) is 18.9 Å². The van der Waals surface area contributed by atoms with Crippen LogP contribution >= 0.6 is 11.8 Å². The van der Waals surface area contributed by atoms with Crippen LogP contribution in [0, 0.1) is 0 Å². The third-order valence-electron chi connectivity index (χ3n) is 4.19. The topological polar surface area (TPSA) is 94.5 Å². The summed E-state index contributed by atoms with van der Waals surface area (Å²) in [6.45, 7) is 0.0356. The molecule has 0 aromatic heterocycles. The average molecular weight is 384 g/mol. The maximum Gasteiger partial charge on any atom is 0.274 e. The van der Waals surface area contributed by atoms with Crippen LogP contribution < -0.4 is 14.4 Å². The minimum absolute atomic E-state index is 0.0383. The summed E-state index contributed by atoms with van der Waals surface area (Å²) < 4.78 is 39.6. The molecular weight excluding hydrogens is 368 g/mol. The molecule has 0 radical (unpaired) electrons. The van der Waals surface area contributed by atoms with Crippen molar-refractivity contribution in [2.24, 2.45) is 4.99 Å². The number of carbonyl (C=O) groups is 1. The first-order valence-electron chi connectivity index (χ1n) is 7.63. The minimum atomic E-state index is -3.10. The molecule has 3 aliphatic rings. The van der Waals surface area contributed by atoms with Gasteiger partial charge in [-0.2, -0.15) is 4.99 Å². The lowest BCUT2D eigenvalue weighted by molar-refractivity contribution is -0.121. The monoisotopic (exact) mass is 384 g/mol. The van der Waals surface area contributed by atoms with E-state index in [9.17, 15) is 13.2 Å². The molecule has 2 atom stereocenters. The Kier molecular flexibility index (Phi) is 4.13. The van der Waals surface area contributed by atoms with Gasteiger partial charge in [-0.3, -0.25) is 4.79 Å². The number of hydrogen-bond donors (Lipinski definition) is 0. The zero-order valence-corrected chi connectivity index (χ0v) is 15.0. The maximum absolute atomic E-state index is 12.0. The van der Waals surface area contributed by atoms with Gasteiger partial charge in [-0.15, -0.1) is 0 Å². The third-order valence-corrected chi connectivity index (χ3v) is 7.40. The van der Waals surface area contributed by atoms with Crippen LogP contribution in [0.4, 0.5) is 5.69 Å². The van der Waals surface area contributed by atoms with Gasteiger partial charge in [-0.25, -0.2) is 8.42 Å². The highest BCUT2D eigenvalue weighted by atomic mass is 32.2. The van der Waals surface area contributed by atoms with Crippen LogP contribution in [0.5, 0.6) is 11.5 Å². The molecule has 25 heavy (non-hydrogen) atoms. The number of hydrogen-bond acceptors (Lipinski definition) is 7. The van der Waals surface area contributed by atoms with Crippen LogP contribution in [0.25, 0.3) is 0 Å². The van der Waals surface area contributed by atoms with E-state index in [2.05, 4.69) is 4.99 Å². The van der Waals surface area contributed by atoms with Gasteiger partial charge in [-0.05, 0) is 12.1 Å². The lowest BCUT2D eigenvalue weighted by Crippen LogP contribution is -2.37. The van der Waals surface area contributed by atoms with Crippen molar-refractivity contribution < 1.29 is 27.4 Å². The summed E-state index contributed by atoms with van der Waals surface area (Å²) in [5.74, 6) is 0.949. The van der Waals surface area contributed by atoms with Crippen molar-refractivity contribution in [2.75, 3.05) is 36.9 Å². The number of methoxy groups -OCH3 is 1. The molecule has 1 aromatic carbocycles. The van der Waals surface area contributed by atoms with Gasteiger partial charge in [0.15, 0.2) is 26.5 Å². The summed E-state index contributed by atoms with van der Waals surface area (Å²) in [6.07, 6.45) is 0. The van der Waals surface area contributed by atoms with Crippen LogP contribution in [-0.2, 0) is 19.4 Å². The van der Waals surface area contributed by atoms with Crippen LogP contribution in [-0.4, -0.2) is 62.8 Å². The number of amidine groups is 1. The highest BCUT2D eigenvalue weighted by Crippen LogP contribution is 2.43. The predicted molar refractivity (Wildman–Crippen MR) is 93.2 cm³/mol. The summed E-state index contributed by atoms with van der Waals surface area (Å²) in [5, 5.41) is 0.343. The van der Waals surface area contributed by atoms with Crippen LogP contribution in [0.15, 0.2) is 23.2 Å². The Hall–Kier alpha value is -1.78. The van der Waals surface area contributed by atoms with E-state index in [0.29, 0.717) is 16.7 Å². The van der Waals surface area contributed by atoms with Crippen molar-refractivity contribution in [3.8, 4) is 11.5 Å². The zero-order chi connectivity index (χ0) is 17.6. The molecule has 134 valence electrons. The van der Waals surface area contributed by atoms with E-state index in [0.717, 1.165) is 5.69 Å². The van der Waals surface area contributed by atoms with E-state index in [1.54, 1.807) is 12.1 Å². The zero-order valence-electron chi connectivity index (χ0n) is 13.4. The van der Waals surface area contributed by atoms with E-state index < -0.39 is 15.7 Å². The molecule has 8 nitrogen and oxygen atoms in total. The molecule has 1 amide bonds. The van der Waals surface area contributed by atoms with Gasteiger partial charge < -0.3 is 19.1 Å². The Labute approximate surface area is 149 Å². The lowest BCUT2D eigenvalue weighted by atomic mass is 10.2. The van der Waals surface area contributed by atoms with Gasteiger partial charge >= 0.3 is 0 Å². The third kappa shape index (κ3) is 3.09. The molecule has 0 N–H and O–H groups in total. The fraction of sp³-hybridized carbons (Fsp3) is 0.467. The molecule has 0 aliphatic carbocycles. The van der Waals surface area contributed by atoms with Crippen molar-refractivity contribution in [3.63, 3.8) is 0 Å². The Morgan fingerprint density at radius 2 is 2.16 bits per heavy atom. The maximum atomic E-state index is 12.0. The molecule has 4 rings (SSSR count). The summed E-state index contributed by atoms with van der Waals surface area (Å²) in [7, 11) is -1.68. The number of thioether (sulfide) groups is 1. The van der Waals surface area contributed by atoms with Crippen LogP contribution in [0.3, 0.4) is 0 Å². The van der Waals surface area contributed by atoms with Gasteiger partial charge in [-0.1, -0.05) is 11.8 Å². The first-order chi connectivity index (χ1) is 12.0. The molecule has 2 saturated heterocycles. The minimum Gasteiger partial charge on any atom is -0.454 e. The lowest BCUT2D eigenvalue weighted by Gasteiger charge is -2.24. The fourth-order valence-electron chi connectivity index (χ4n) is 3.16. The summed E-state index contributed by atoms with van der Waals surface area (Å²) in [5.41, 5.74) is 0.727. The molecule has 0 saturated carbocycles. The molecule has 1 aromatic rings. The molecule has 0 bridgehead atoms. The highest BCUT2D eigenvalue weighted by molar-refractivity contribution is 8.16. The molecule has 3 aliphatic heterocycles. The first kappa shape index (κ1) is 16.7. The van der Waals surface area contributed by atoms with Gasteiger partial charge in [0.25, 0.3) is 5.91 Å². The number of rotatable bonds is 3. The second-order valence-electron chi connectivity index (χ2n) is 5.93. The van der Waals surface area contributed by atoms with E-state index in [-0.39, 0.29) is 36.2 Å². The number of nitrogens with zero attached hydrogens (tertiary/aromatic N) is 2. The SMILES string of the molecule is COCC(=O)N=C1S[C@H]2CS(=O)(=O)C[C@H]2N1c1ccc2c(c1)OCO2. The molecule has 0 unspecified atom stereocenters. The van der Waals surface area contributed by atoms with E-state index in [4.69, 9.17) is 14.2 Å². The number of fused-ring (bicyclic) bond motifs is 2. The average Bonchev–Trinajstić information content (AvgIpc) is 3.18. The quantitative estimate of drug-likeness (QED) is 0.750. The Morgan fingerprint density at radius 3 is 2.96 bits per heavy atom. The number of carbonyl (C=O) groups excluding carboxylic acids is 1. The molecule has 3 heterocycles. The van der Waals surface area contributed by atoms with Gasteiger partial charge in [0.05, 0.1) is 17.5 Å². The van der Waals surface area contributed by atoms with Gasteiger partial charge in [0, 0.05) is 24.1 Å². The normalized spacial score (nSPS) is 27.7. The number of ether oxygens (including phenoxy) is 3. The number of anilines is 1. The number of sulfone groups is 1. The smallest absolute Gasteiger partial charge is 0.274 e. The molecular formula is C15H16N2O6S2. The van der Waals surface area contributed by atoms with Crippen molar-refractivity contribution in [1.82, 2.24) is 0 Å². The predicted octanol–water partition coefficient (Wildman–Crippen LogP) is 0.663. The van der Waals surface area contributed by atoms with Crippen LogP contribution in [0.1, 0.15) is 0 Å². The fourth-order valence-corrected chi connectivity index (χ4v) is 7.10. The summed E-state index contributed by atoms with van der Waals surface area (Å²) >= 11 is 1.32. The Bertz CT molecular complexity index is 854. The van der Waals surface area contributed by atoms with Crippen molar-refractivity contribution in [2.45, 2.75) is 11.3 Å². The van der Waals surface area contributed by atoms with Crippen molar-refractivity contribution >= 4 is 38.4 Å². The van der Waals surface area contributed by atoms with E-state index in [1.807, 2.05) is 11.0 Å². The number of amides is 1. The molecule has 0 spiro atoms. The van der Waals surface area contributed by atoms with Crippen molar-refractivity contribution in [1.29, 1.82) is 0 Å². The van der Waals surface area contributed by atoms with E-state index >= 15 is 0 Å². The highest BCUT2D eigenvalue weighted by Gasteiger charge is 2.49. The van der Waals surface area contributed by atoms with Crippen molar-refractivity contribution in [3.05, 3.63) is 18.2 Å². The van der Waals surface area contributed by atoms with Crippen LogP contribution in [0.2, 0.25) is 0 Å². The second kappa shape index (κ2) is 6.19. The summed E-state index contributed by atoms with van der Waals surface area (Å²) in [4.78, 5) is 17.8. The number of benzene rings is 1. The van der Waals surface area contributed by atoms with Gasteiger partial charge in [0.2, 0.25) is 6.79 Å². The van der Waals surface area contributed by atoms with Gasteiger partial charge in [0.1, 0.15) is 6.61 Å². The largest absolute Gasteiger partial charge is 0.454 e. The standard InChI is InChI=1S/C15H16N2O6S2/c1-21-5-14(18)16-15-17(10-6-25(19,20)7-13(10)24-15)9-2-3-11-12(4-9)23-8-22-11/h2-4,10,13H,5-8H2,1H3/t10-,13+/m1/s1. The second-order valence-corrected chi connectivity index (χ2v) is 9.29. The molecule has 2 fully saturated rings. The Balaban J connectivity index is 1.72. The Morgan fingerprint density at radius 1 is 1.36 bits per heavy atom. The molecule has 10 heteroatoms.